The van der Waals surface area contributed by atoms with Crippen molar-refractivity contribution in [3.63, 3.8) is 0 Å². The fraction of sp³-hybridized carbons (Fsp3) is 0.242. The number of hydrogen-bond donors (Lipinski definition) is 0. The molecule has 10 nitrogen and oxygen atoms in total. The fourth-order valence-corrected chi connectivity index (χ4v) is 7.52. The highest BCUT2D eigenvalue weighted by Gasteiger charge is 2.35. The summed E-state index contributed by atoms with van der Waals surface area (Å²) < 4.78 is 20.7. The summed E-state index contributed by atoms with van der Waals surface area (Å²) >= 11 is 8.33. The zero-order chi connectivity index (χ0) is 33.1. The Morgan fingerprint density at radius 2 is 1.85 bits per heavy atom. The van der Waals surface area contributed by atoms with Gasteiger partial charge in [-0.3, -0.25) is 19.5 Å². The molecule has 2 heterocycles. The average Bonchev–Trinajstić information content (AvgIpc) is 3.30. The monoisotopic (exact) mass is 769 g/mol. The number of hydrogen-bond acceptors (Lipinski definition) is 9. The molecule has 0 saturated carbocycles. The number of rotatable bonds is 10. The van der Waals surface area contributed by atoms with Gasteiger partial charge in [-0.1, -0.05) is 41.7 Å². The van der Waals surface area contributed by atoms with Crippen LogP contribution < -0.4 is 24.4 Å². The second kappa shape index (κ2) is 14.1. The lowest BCUT2D eigenvalue weighted by Gasteiger charge is -2.26. The number of nitro benzene ring substituents is 1. The molecule has 238 valence electrons. The van der Waals surface area contributed by atoms with Crippen molar-refractivity contribution >= 4 is 60.9 Å². The minimum atomic E-state index is -0.810. The van der Waals surface area contributed by atoms with E-state index in [0.717, 1.165) is 0 Å². The van der Waals surface area contributed by atoms with Crippen molar-refractivity contribution in [2.75, 3.05) is 6.61 Å². The molecule has 5 rings (SSSR count). The van der Waals surface area contributed by atoms with Crippen LogP contribution >= 0.6 is 43.2 Å². The lowest BCUT2D eigenvalue weighted by Crippen LogP contribution is -2.40. The van der Waals surface area contributed by atoms with Gasteiger partial charge in [0, 0.05) is 17.7 Å². The van der Waals surface area contributed by atoms with Crippen molar-refractivity contribution in [1.29, 1.82) is 0 Å². The van der Waals surface area contributed by atoms with Crippen molar-refractivity contribution < 1.29 is 23.9 Å². The Labute approximate surface area is 285 Å². The van der Waals surface area contributed by atoms with Crippen LogP contribution in [0.1, 0.15) is 50.4 Å². The van der Waals surface area contributed by atoms with Crippen molar-refractivity contribution in [1.82, 2.24) is 4.57 Å². The summed E-state index contributed by atoms with van der Waals surface area (Å²) in [5, 5.41) is 11.1. The summed E-state index contributed by atoms with van der Waals surface area (Å²) in [5.74, 6) is 0.514. The molecule has 1 aromatic heterocycles. The topological polar surface area (TPSA) is 122 Å². The minimum absolute atomic E-state index is 0.0150. The van der Waals surface area contributed by atoms with E-state index in [1.165, 1.54) is 28.0 Å². The number of halogens is 2. The number of esters is 1. The molecule has 1 atom stereocenters. The minimum Gasteiger partial charge on any atom is -0.491 e. The summed E-state index contributed by atoms with van der Waals surface area (Å²) in [6.07, 6.45) is 1.61. The highest BCUT2D eigenvalue weighted by molar-refractivity contribution is 9.11. The molecule has 0 amide bonds. The molecule has 3 aromatic carbocycles. The molecule has 0 radical (unpaired) electrons. The van der Waals surface area contributed by atoms with Gasteiger partial charge in [-0.05, 0) is 95.0 Å². The van der Waals surface area contributed by atoms with Crippen molar-refractivity contribution in [3.05, 3.63) is 127 Å². The van der Waals surface area contributed by atoms with Gasteiger partial charge in [-0.2, -0.15) is 0 Å². The van der Waals surface area contributed by atoms with E-state index >= 15 is 0 Å². The number of carbonyl (C=O) groups is 1. The van der Waals surface area contributed by atoms with Crippen LogP contribution in [-0.2, 0) is 16.1 Å². The molecule has 1 aliphatic heterocycles. The van der Waals surface area contributed by atoms with Crippen LogP contribution in [0.15, 0.2) is 90.7 Å². The summed E-state index contributed by atoms with van der Waals surface area (Å²) in [7, 11) is 0. The highest BCUT2D eigenvalue weighted by atomic mass is 79.9. The number of nitrogens with zero attached hydrogens (tertiary/aromatic N) is 3. The van der Waals surface area contributed by atoms with E-state index in [2.05, 4.69) is 36.9 Å². The van der Waals surface area contributed by atoms with Gasteiger partial charge in [0.05, 0.1) is 42.4 Å². The molecular weight excluding hydrogens is 742 g/mol. The Balaban J connectivity index is 1.56. The number of para-hydroxylation sites is 1. The second-order valence-corrected chi connectivity index (χ2v) is 13.3. The predicted octanol–water partition coefficient (Wildman–Crippen LogP) is 6.60. The van der Waals surface area contributed by atoms with Crippen LogP contribution in [-0.4, -0.2) is 28.2 Å². The summed E-state index contributed by atoms with van der Waals surface area (Å²) in [5.41, 5.74) is 2.40. The van der Waals surface area contributed by atoms with Crippen LogP contribution in [0, 0.1) is 10.1 Å². The van der Waals surface area contributed by atoms with E-state index in [0.29, 0.717) is 52.2 Å². The first-order valence-electron chi connectivity index (χ1n) is 14.3. The van der Waals surface area contributed by atoms with Crippen LogP contribution in [0.3, 0.4) is 0 Å². The molecule has 13 heteroatoms. The number of non-ortho nitro benzene ring substituents is 1. The van der Waals surface area contributed by atoms with E-state index in [-0.39, 0.29) is 36.1 Å². The van der Waals surface area contributed by atoms with E-state index in [9.17, 15) is 19.7 Å². The van der Waals surface area contributed by atoms with E-state index in [1.807, 2.05) is 50.2 Å². The molecule has 4 aromatic rings. The van der Waals surface area contributed by atoms with Gasteiger partial charge < -0.3 is 14.2 Å². The zero-order valence-corrected chi connectivity index (χ0v) is 29.3. The number of ether oxygens (including phenoxy) is 3. The fourth-order valence-electron chi connectivity index (χ4n) is 5.02. The number of fused-ring (bicyclic) bond motifs is 1. The summed E-state index contributed by atoms with van der Waals surface area (Å²) in [4.78, 5) is 43.2. The second-order valence-electron chi connectivity index (χ2n) is 10.5. The third-order valence-electron chi connectivity index (χ3n) is 6.92. The van der Waals surface area contributed by atoms with E-state index in [4.69, 9.17) is 14.2 Å². The molecule has 0 spiro atoms. The average molecular weight is 771 g/mol. The normalized spacial score (nSPS) is 14.6. The zero-order valence-electron chi connectivity index (χ0n) is 25.3. The lowest BCUT2D eigenvalue weighted by atomic mass is 9.95. The molecule has 0 fully saturated rings. The lowest BCUT2D eigenvalue weighted by molar-refractivity contribution is -0.384. The molecular formula is C33H29Br2N3O7S. The predicted molar refractivity (Wildman–Crippen MR) is 182 cm³/mol. The van der Waals surface area contributed by atoms with Gasteiger partial charge in [0.15, 0.2) is 4.80 Å². The number of benzene rings is 3. The first-order valence-corrected chi connectivity index (χ1v) is 16.7. The van der Waals surface area contributed by atoms with E-state index < -0.39 is 16.9 Å². The summed E-state index contributed by atoms with van der Waals surface area (Å²) in [6.45, 7) is 7.58. The van der Waals surface area contributed by atoms with Gasteiger partial charge in [0.1, 0.15) is 24.1 Å². The standard InChI is InChI=1S/C33H29Br2N3O7S/c1-5-43-32(40)28-19(4)36-33-37(29(28)23-11-6-7-12-26(23)45-18(2)3)31(39)27(46-33)16-21-14-24(34)30(25(35)15-21)44-17-20-9-8-10-22(13-20)38(41)42/h6-16,18,29H,5,17H2,1-4H3/b27-16+/t29-/m0/s1. The Morgan fingerprint density at radius 3 is 2.52 bits per heavy atom. The Kier molecular flexibility index (Phi) is 10.2. The van der Waals surface area contributed by atoms with Gasteiger partial charge >= 0.3 is 5.97 Å². The van der Waals surface area contributed by atoms with Crippen LogP contribution in [0.2, 0.25) is 0 Å². The Bertz CT molecular complexity index is 2030. The maximum Gasteiger partial charge on any atom is 0.338 e. The Hall–Kier alpha value is -4.07. The number of allylic oxidation sites excluding steroid dienone is 1. The van der Waals surface area contributed by atoms with Crippen LogP contribution in [0.5, 0.6) is 11.5 Å². The Morgan fingerprint density at radius 1 is 1.13 bits per heavy atom. The quantitative estimate of drug-likeness (QED) is 0.101. The SMILES string of the molecule is CCOC(=O)C1=C(C)N=c2s/c(=C/c3cc(Br)c(OCc4cccc([N+](=O)[O-])c4)c(Br)c3)c(=O)n2[C@H]1c1ccccc1OC(C)C. The largest absolute Gasteiger partial charge is 0.491 e. The molecule has 46 heavy (non-hydrogen) atoms. The van der Waals surface area contributed by atoms with Gasteiger partial charge in [0.25, 0.3) is 11.2 Å². The van der Waals surface area contributed by atoms with Gasteiger partial charge in [0.2, 0.25) is 0 Å². The first-order chi connectivity index (χ1) is 22.0. The first kappa shape index (κ1) is 33.3. The summed E-state index contributed by atoms with van der Waals surface area (Å²) in [6, 6.07) is 16.4. The number of nitro groups is 1. The third kappa shape index (κ3) is 7.01. The molecule has 0 aliphatic carbocycles. The van der Waals surface area contributed by atoms with Crippen molar-refractivity contribution in [3.8, 4) is 11.5 Å². The molecule has 0 unspecified atom stereocenters. The van der Waals surface area contributed by atoms with Gasteiger partial charge in [-0.15, -0.1) is 0 Å². The van der Waals surface area contributed by atoms with Gasteiger partial charge in [-0.25, -0.2) is 9.79 Å². The number of carbonyl (C=O) groups excluding carboxylic acids is 1. The molecule has 0 saturated heterocycles. The van der Waals surface area contributed by atoms with Crippen LogP contribution in [0.25, 0.3) is 6.08 Å². The number of aromatic nitrogens is 1. The van der Waals surface area contributed by atoms with Crippen LogP contribution in [0.4, 0.5) is 5.69 Å². The number of thiazole rings is 1. The third-order valence-corrected chi connectivity index (χ3v) is 9.08. The maximum absolute atomic E-state index is 14.1. The van der Waals surface area contributed by atoms with Crippen molar-refractivity contribution in [2.24, 2.45) is 4.99 Å². The smallest absolute Gasteiger partial charge is 0.338 e. The maximum atomic E-state index is 14.1. The molecule has 1 aliphatic rings. The molecule has 0 bridgehead atoms. The van der Waals surface area contributed by atoms with E-state index in [1.54, 1.807) is 32.1 Å². The van der Waals surface area contributed by atoms with Crippen molar-refractivity contribution in [2.45, 2.75) is 46.4 Å². The highest BCUT2D eigenvalue weighted by Crippen LogP contribution is 2.37. The molecule has 0 N–H and O–H groups in total.